The van der Waals surface area contributed by atoms with E-state index < -0.39 is 0 Å². The van der Waals surface area contributed by atoms with Gasteiger partial charge in [0.1, 0.15) is 18.2 Å². The van der Waals surface area contributed by atoms with Crippen LogP contribution in [-0.2, 0) is 18.0 Å². The molecule has 2 heterocycles. The molecule has 0 saturated carbocycles. The summed E-state index contributed by atoms with van der Waals surface area (Å²) >= 11 is 0. The van der Waals surface area contributed by atoms with E-state index in [-0.39, 0.29) is 0 Å². The van der Waals surface area contributed by atoms with Gasteiger partial charge in [-0.3, -0.25) is 0 Å². The molecule has 2 aromatic rings. The van der Waals surface area contributed by atoms with E-state index in [0.29, 0.717) is 13.2 Å². The van der Waals surface area contributed by atoms with E-state index in [0.717, 1.165) is 17.1 Å². The highest BCUT2D eigenvalue weighted by atomic mass is 16.5. The summed E-state index contributed by atoms with van der Waals surface area (Å²) in [6, 6.07) is 7.64. The summed E-state index contributed by atoms with van der Waals surface area (Å²) in [6.45, 7) is 1.04. The van der Waals surface area contributed by atoms with E-state index in [1.807, 2.05) is 31.3 Å². The molecule has 0 aliphatic heterocycles. The first-order chi connectivity index (χ1) is 7.88. The van der Waals surface area contributed by atoms with Crippen LogP contribution < -0.4 is 5.32 Å². The third-order valence-electron chi connectivity index (χ3n) is 2.17. The number of pyridine rings is 1. The maximum atomic E-state index is 5.51. The Balaban J connectivity index is 1.85. The Morgan fingerprint density at radius 1 is 1.38 bits per heavy atom. The Labute approximate surface area is 94.3 Å². The minimum absolute atomic E-state index is 0.490. The lowest BCUT2D eigenvalue weighted by Crippen LogP contribution is -1.96. The fraction of sp³-hybridized carbons (Fsp3) is 0.250. The van der Waals surface area contributed by atoms with Gasteiger partial charge in [0.2, 0.25) is 0 Å². The van der Waals surface area contributed by atoms with Crippen LogP contribution in [0.3, 0.4) is 0 Å². The molecule has 0 unspecified atom stereocenters. The average molecular weight is 218 g/mol. The predicted molar refractivity (Wildman–Crippen MR) is 61.0 cm³/mol. The first-order valence-corrected chi connectivity index (χ1v) is 5.11. The molecule has 0 fully saturated rings. The second-order valence-corrected chi connectivity index (χ2v) is 3.37. The van der Waals surface area contributed by atoms with Crippen molar-refractivity contribution >= 4 is 5.82 Å². The summed E-state index contributed by atoms with van der Waals surface area (Å²) in [7, 11) is 1.84. The number of rotatable bonds is 5. The smallest absolute Gasteiger partial charge is 0.129 e. The lowest BCUT2D eigenvalue weighted by atomic mass is 10.3. The molecular formula is C12H14N2O2. The Morgan fingerprint density at radius 2 is 2.31 bits per heavy atom. The zero-order valence-electron chi connectivity index (χ0n) is 9.14. The maximum Gasteiger partial charge on any atom is 0.129 e. The topological polar surface area (TPSA) is 47.3 Å². The van der Waals surface area contributed by atoms with Crippen molar-refractivity contribution in [2.45, 2.75) is 13.2 Å². The highest BCUT2D eigenvalue weighted by molar-refractivity contribution is 5.36. The van der Waals surface area contributed by atoms with E-state index in [1.165, 1.54) is 0 Å². The van der Waals surface area contributed by atoms with Crippen LogP contribution in [-0.4, -0.2) is 12.0 Å². The number of anilines is 1. The minimum Gasteiger partial charge on any atom is -0.467 e. The Morgan fingerprint density at radius 3 is 3.06 bits per heavy atom. The van der Waals surface area contributed by atoms with E-state index >= 15 is 0 Å². The molecule has 0 radical (unpaired) electrons. The van der Waals surface area contributed by atoms with Crippen molar-refractivity contribution < 1.29 is 9.15 Å². The van der Waals surface area contributed by atoms with Crippen molar-refractivity contribution in [3.8, 4) is 0 Å². The molecule has 0 spiro atoms. The fourth-order valence-corrected chi connectivity index (χ4v) is 1.36. The van der Waals surface area contributed by atoms with Crippen molar-refractivity contribution in [1.82, 2.24) is 4.98 Å². The van der Waals surface area contributed by atoms with Gasteiger partial charge in [0.15, 0.2) is 0 Å². The van der Waals surface area contributed by atoms with Crippen LogP contribution in [0.5, 0.6) is 0 Å². The SMILES string of the molecule is CNc1cc(COCc2ccco2)ccn1. The molecule has 0 saturated heterocycles. The van der Waals surface area contributed by atoms with Gasteiger partial charge in [0, 0.05) is 13.2 Å². The van der Waals surface area contributed by atoms with Crippen LogP contribution in [0.1, 0.15) is 11.3 Å². The molecule has 4 nitrogen and oxygen atoms in total. The summed E-state index contributed by atoms with van der Waals surface area (Å²) in [4.78, 5) is 4.13. The molecule has 0 bridgehead atoms. The molecule has 0 aliphatic rings. The van der Waals surface area contributed by atoms with E-state index in [2.05, 4.69) is 10.3 Å². The summed E-state index contributed by atoms with van der Waals surface area (Å²) in [6.07, 6.45) is 3.40. The van der Waals surface area contributed by atoms with Gasteiger partial charge in [0.05, 0.1) is 12.9 Å². The zero-order valence-corrected chi connectivity index (χ0v) is 9.14. The van der Waals surface area contributed by atoms with Crippen LogP contribution in [0.4, 0.5) is 5.82 Å². The molecule has 16 heavy (non-hydrogen) atoms. The van der Waals surface area contributed by atoms with Crippen molar-refractivity contribution in [2.24, 2.45) is 0 Å². The molecule has 84 valence electrons. The predicted octanol–water partition coefficient (Wildman–Crippen LogP) is 2.43. The second-order valence-electron chi connectivity index (χ2n) is 3.37. The molecular weight excluding hydrogens is 204 g/mol. The molecule has 0 amide bonds. The normalized spacial score (nSPS) is 10.3. The van der Waals surface area contributed by atoms with Gasteiger partial charge in [0.25, 0.3) is 0 Å². The quantitative estimate of drug-likeness (QED) is 0.837. The first kappa shape index (κ1) is 10.7. The summed E-state index contributed by atoms with van der Waals surface area (Å²) in [5.74, 6) is 1.68. The standard InChI is InChI=1S/C12H14N2O2/c1-13-12-7-10(4-5-14-12)8-15-9-11-3-2-6-16-11/h2-7H,8-9H2,1H3,(H,13,14). The highest BCUT2D eigenvalue weighted by Gasteiger charge is 1.98. The number of hydrogen-bond donors (Lipinski definition) is 1. The lowest BCUT2D eigenvalue weighted by Gasteiger charge is -2.04. The van der Waals surface area contributed by atoms with Gasteiger partial charge in [-0.05, 0) is 29.8 Å². The third kappa shape index (κ3) is 2.84. The monoisotopic (exact) mass is 218 g/mol. The van der Waals surface area contributed by atoms with Gasteiger partial charge in [-0.2, -0.15) is 0 Å². The number of aromatic nitrogens is 1. The van der Waals surface area contributed by atoms with E-state index in [1.54, 1.807) is 12.5 Å². The van der Waals surface area contributed by atoms with Crippen molar-refractivity contribution in [3.05, 3.63) is 48.0 Å². The van der Waals surface area contributed by atoms with Crippen LogP contribution >= 0.6 is 0 Å². The fourth-order valence-electron chi connectivity index (χ4n) is 1.36. The zero-order chi connectivity index (χ0) is 11.2. The van der Waals surface area contributed by atoms with E-state index in [4.69, 9.17) is 9.15 Å². The average Bonchev–Trinajstić information content (AvgIpc) is 2.82. The number of hydrogen-bond acceptors (Lipinski definition) is 4. The number of furan rings is 1. The number of ether oxygens (including phenoxy) is 1. The van der Waals surface area contributed by atoms with Crippen molar-refractivity contribution in [3.63, 3.8) is 0 Å². The largest absolute Gasteiger partial charge is 0.467 e. The molecule has 2 rings (SSSR count). The summed E-state index contributed by atoms with van der Waals surface area (Å²) < 4.78 is 10.7. The summed E-state index contributed by atoms with van der Waals surface area (Å²) in [5, 5.41) is 2.99. The summed E-state index contributed by atoms with van der Waals surface area (Å²) in [5.41, 5.74) is 1.09. The van der Waals surface area contributed by atoms with Crippen LogP contribution in [0.15, 0.2) is 41.1 Å². The molecule has 4 heteroatoms. The van der Waals surface area contributed by atoms with E-state index in [9.17, 15) is 0 Å². The molecule has 0 atom stereocenters. The van der Waals surface area contributed by atoms with Gasteiger partial charge >= 0.3 is 0 Å². The van der Waals surface area contributed by atoms with Crippen LogP contribution in [0, 0.1) is 0 Å². The first-order valence-electron chi connectivity index (χ1n) is 5.11. The Bertz CT molecular complexity index is 426. The Kier molecular flexibility index (Phi) is 3.56. The molecule has 1 N–H and O–H groups in total. The minimum atomic E-state index is 0.490. The van der Waals surface area contributed by atoms with Gasteiger partial charge in [-0.25, -0.2) is 4.98 Å². The van der Waals surface area contributed by atoms with Crippen LogP contribution in [0.2, 0.25) is 0 Å². The second kappa shape index (κ2) is 5.32. The Hall–Kier alpha value is -1.81. The molecule has 2 aromatic heterocycles. The van der Waals surface area contributed by atoms with Gasteiger partial charge < -0.3 is 14.5 Å². The van der Waals surface area contributed by atoms with Crippen molar-refractivity contribution in [1.29, 1.82) is 0 Å². The van der Waals surface area contributed by atoms with Crippen LogP contribution in [0.25, 0.3) is 0 Å². The number of nitrogens with zero attached hydrogens (tertiary/aromatic N) is 1. The highest BCUT2D eigenvalue weighted by Crippen LogP contribution is 2.09. The number of nitrogens with one attached hydrogen (secondary N) is 1. The molecule has 0 aromatic carbocycles. The van der Waals surface area contributed by atoms with Gasteiger partial charge in [-0.15, -0.1) is 0 Å². The third-order valence-corrected chi connectivity index (χ3v) is 2.17. The lowest BCUT2D eigenvalue weighted by molar-refractivity contribution is 0.0929. The van der Waals surface area contributed by atoms with Gasteiger partial charge in [-0.1, -0.05) is 0 Å². The molecule has 0 aliphatic carbocycles. The maximum absolute atomic E-state index is 5.51. The van der Waals surface area contributed by atoms with Crippen molar-refractivity contribution in [2.75, 3.05) is 12.4 Å².